The first-order valence-corrected chi connectivity index (χ1v) is 5.41. The Morgan fingerprint density at radius 3 is 2.94 bits per heavy atom. The Labute approximate surface area is 103 Å². The van der Waals surface area contributed by atoms with Gasteiger partial charge < -0.3 is 15.8 Å². The summed E-state index contributed by atoms with van der Waals surface area (Å²) in [5.41, 5.74) is 5.90. The fourth-order valence-electron chi connectivity index (χ4n) is 1.41. The molecule has 0 radical (unpaired) electrons. The topological polar surface area (TPSA) is 106 Å². The van der Waals surface area contributed by atoms with Gasteiger partial charge in [0.1, 0.15) is 5.75 Å². The van der Waals surface area contributed by atoms with Crippen LogP contribution in [0.5, 0.6) is 5.75 Å². The molecule has 1 aromatic heterocycles. The van der Waals surface area contributed by atoms with E-state index in [4.69, 9.17) is 10.5 Å². The number of carbonyl (C=O) groups excluding carboxylic acids is 1. The van der Waals surface area contributed by atoms with Gasteiger partial charge in [-0.25, -0.2) is 0 Å². The van der Waals surface area contributed by atoms with Crippen LogP contribution in [0.15, 0.2) is 24.3 Å². The van der Waals surface area contributed by atoms with E-state index < -0.39 is 5.91 Å². The van der Waals surface area contributed by atoms with Crippen LogP contribution < -0.4 is 15.8 Å². The Morgan fingerprint density at radius 1 is 1.50 bits per heavy atom. The van der Waals surface area contributed by atoms with Gasteiger partial charge in [0.25, 0.3) is 5.91 Å². The van der Waals surface area contributed by atoms with Crippen molar-refractivity contribution in [2.45, 2.75) is 6.92 Å². The molecule has 0 unspecified atom stereocenters. The number of nitrogens with one attached hydrogen (secondary N) is 2. The number of hydrogen-bond donors (Lipinski definition) is 3. The van der Waals surface area contributed by atoms with Gasteiger partial charge in [-0.1, -0.05) is 12.1 Å². The number of amides is 1. The minimum Gasteiger partial charge on any atom is -0.492 e. The molecular weight excluding hydrogens is 234 g/mol. The molecule has 1 aromatic carbocycles. The Kier molecular flexibility index (Phi) is 3.42. The number of rotatable bonds is 4. The first-order valence-electron chi connectivity index (χ1n) is 5.41. The van der Waals surface area contributed by atoms with Gasteiger partial charge in [-0.15, -0.1) is 5.10 Å². The van der Waals surface area contributed by atoms with E-state index in [0.29, 0.717) is 18.0 Å². The molecule has 0 bridgehead atoms. The molecule has 0 fully saturated rings. The molecular formula is C11H13N5O2. The quantitative estimate of drug-likeness (QED) is 0.748. The first kappa shape index (κ1) is 11.9. The lowest BCUT2D eigenvalue weighted by Crippen LogP contribution is -2.14. The molecule has 0 aliphatic carbocycles. The predicted octanol–water partition coefficient (Wildman–Crippen LogP) is 1.04. The number of H-pyrrole nitrogens is 1. The average molecular weight is 247 g/mol. The van der Waals surface area contributed by atoms with Crippen LogP contribution >= 0.6 is 0 Å². The fraction of sp³-hybridized carbons (Fsp3) is 0.182. The van der Waals surface area contributed by atoms with E-state index in [1.165, 1.54) is 0 Å². The molecule has 94 valence electrons. The van der Waals surface area contributed by atoms with Gasteiger partial charge in [0.15, 0.2) is 0 Å². The highest BCUT2D eigenvalue weighted by atomic mass is 16.5. The summed E-state index contributed by atoms with van der Waals surface area (Å²) in [6, 6.07) is 7.14. The number of hydrogen-bond acceptors (Lipinski definition) is 5. The number of benzene rings is 1. The smallest absolute Gasteiger partial charge is 0.293 e. The number of nitrogens with zero attached hydrogens (tertiary/aromatic N) is 2. The second-order valence-corrected chi connectivity index (χ2v) is 3.43. The van der Waals surface area contributed by atoms with Crippen molar-refractivity contribution in [3.05, 3.63) is 30.1 Å². The lowest BCUT2D eigenvalue weighted by atomic mass is 10.3. The summed E-state index contributed by atoms with van der Waals surface area (Å²) in [6.45, 7) is 2.39. The number of carbonyl (C=O) groups is 1. The van der Waals surface area contributed by atoms with E-state index in [2.05, 4.69) is 20.5 Å². The maximum atomic E-state index is 11.8. The zero-order chi connectivity index (χ0) is 13.0. The highest BCUT2D eigenvalue weighted by Crippen LogP contribution is 2.23. The summed E-state index contributed by atoms with van der Waals surface area (Å²) in [7, 11) is 0. The minimum absolute atomic E-state index is 0.0262. The molecule has 18 heavy (non-hydrogen) atoms. The van der Waals surface area contributed by atoms with Gasteiger partial charge in [0.2, 0.25) is 11.8 Å². The van der Waals surface area contributed by atoms with Crippen molar-refractivity contribution < 1.29 is 9.53 Å². The van der Waals surface area contributed by atoms with E-state index >= 15 is 0 Å². The first-order chi connectivity index (χ1) is 8.70. The van der Waals surface area contributed by atoms with Crippen LogP contribution in [-0.4, -0.2) is 27.7 Å². The molecule has 0 aliphatic heterocycles. The van der Waals surface area contributed by atoms with Gasteiger partial charge >= 0.3 is 0 Å². The molecule has 0 aliphatic rings. The van der Waals surface area contributed by atoms with Crippen LogP contribution in [0.3, 0.4) is 0 Å². The van der Waals surface area contributed by atoms with Crippen LogP contribution in [0, 0.1) is 0 Å². The number of nitrogen functional groups attached to an aromatic ring is 1. The van der Waals surface area contributed by atoms with Gasteiger partial charge in [-0.05, 0) is 19.1 Å². The molecule has 2 rings (SSSR count). The van der Waals surface area contributed by atoms with Crippen molar-refractivity contribution in [3.8, 4) is 5.75 Å². The molecule has 1 amide bonds. The predicted molar refractivity (Wildman–Crippen MR) is 66.4 cm³/mol. The molecule has 1 heterocycles. The SMILES string of the molecule is CCOc1ccccc1NC(=O)c1nc(N)n[nH]1. The summed E-state index contributed by atoms with van der Waals surface area (Å²) in [5.74, 6) is 0.254. The molecule has 7 heteroatoms. The highest BCUT2D eigenvalue weighted by Gasteiger charge is 2.13. The zero-order valence-corrected chi connectivity index (χ0v) is 9.80. The Balaban J connectivity index is 2.16. The summed E-state index contributed by atoms with van der Waals surface area (Å²) >= 11 is 0. The fourth-order valence-corrected chi connectivity index (χ4v) is 1.41. The summed E-state index contributed by atoms with van der Waals surface area (Å²) in [4.78, 5) is 15.6. The van der Waals surface area contributed by atoms with Crippen molar-refractivity contribution >= 4 is 17.5 Å². The normalized spacial score (nSPS) is 10.1. The third kappa shape index (κ3) is 2.57. The number of nitrogens with two attached hydrogens (primary N) is 1. The Hall–Kier alpha value is -2.57. The van der Waals surface area contributed by atoms with Gasteiger partial charge in [-0.3, -0.25) is 9.89 Å². The summed E-state index contributed by atoms with van der Waals surface area (Å²) < 4.78 is 5.39. The minimum atomic E-state index is -0.425. The molecule has 0 saturated heterocycles. The monoisotopic (exact) mass is 247 g/mol. The molecule has 2 aromatic rings. The molecule has 0 saturated carbocycles. The molecule has 0 atom stereocenters. The van der Waals surface area contributed by atoms with E-state index in [-0.39, 0.29) is 11.8 Å². The van der Waals surface area contributed by atoms with Gasteiger partial charge in [0, 0.05) is 0 Å². The summed E-state index contributed by atoms with van der Waals surface area (Å²) in [5, 5.41) is 8.70. The van der Waals surface area contributed by atoms with Crippen molar-refractivity contribution in [1.82, 2.24) is 15.2 Å². The third-order valence-electron chi connectivity index (χ3n) is 2.15. The number of ether oxygens (including phenoxy) is 1. The number of aromatic nitrogens is 3. The van der Waals surface area contributed by atoms with Crippen LogP contribution in [-0.2, 0) is 0 Å². The molecule has 7 nitrogen and oxygen atoms in total. The average Bonchev–Trinajstić information content (AvgIpc) is 2.79. The van der Waals surface area contributed by atoms with E-state index in [9.17, 15) is 4.79 Å². The maximum absolute atomic E-state index is 11.8. The van der Waals surface area contributed by atoms with Crippen molar-refractivity contribution in [2.24, 2.45) is 0 Å². The van der Waals surface area contributed by atoms with Crippen molar-refractivity contribution in [2.75, 3.05) is 17.7 Å². The number of aromatic amines is 1. The Morgan fingerprint density at radius 2 is 2.28 bits per heavy atom. The van der Waals surface area contributed by atoms with Crippen LogP contribution in [0.25, 0.3) is 0 Å². The standard InChI is InChI=1S/C11H13N5O2/c1-2-18-8-6-4-3-5-7(8)13-10(17)9-14-11(12)16-15-9/h3-6H,2H2,1H3,(H,13,17)(H3,12,14,15,16). The van der Waals surface area contributed by atoms with E-state index in [0.717, 1.165) is 0 Å². The summed E-state index contributed by atoms with van der Waals surface area (Å²) in [6.07, 6.45) is 0. The second kappa shape index (κ2) is 5.17. The van der Waals surface area contributed by atoms with E-state index in [1.807, 2.05) is 13.0 Å². The second-order valence-electron chi connectivity index (χ2n) is 3.43. The van der Waals surface area contributed by atoms with Crippen molar-refractivity contribution in [1.29, 1.82) is 0 Å². The third-order valence-corrected chi connectivity index (χ3v) is 2.15. The van der Waals surface area contributed by atoms with Crippen LogP contribution in [0.4, 0.5) is 11.6 Å². The van der Waals surface area contributed by atoms with Crippen LogP contribution in [0.1, 0.15) is 17.5 Å². The number of para-hydroxylation sites is 2. The highest BCUT2D eigenvalue weighted by molar-refractivity contribution is 6.02. The number of anilines is 2. The zero-order valence-electron chi connectivity index (χ0n) is 9.80. The van der Waals surface area contributed by atoms with Crippen molar-refractivity contribution in [3.63, 3.8) is 0 Å². The Bertz CT molecular complexity index is 552. The van der Waals surface area contributed by atoms with E-state index in [1.54, 1.807) is 18.2 Å². The lowest BCUT2D eigenvalue weighted by molar-refractivity contribution is 0.101. The lowest BCUT2D eigenvalue weighted by Gasteiger charge is -2.09. The van der Waals surface area contributed by atoms with Gasteiger partial charge in [-0.2, -0.15) is 4.98 Å². The van der Waals surface area contributed by atoms with Crippen LogP contribution in [0.2, 0.25) is 0 Å². The largest absolute Gasteiger partial charge is 0.492 e. The van der Waals surface area contributed by atoms with Gasteiger partial charge in [0.05, 0.1) is 12.3 Å². The maximum Gasteiger partial charge on any atom is 0.293 e. The molecule has 0 spiro atoms. The molecule has 4 N–H and O–H groups in total.